The zero-order valence-corrected chi connectivity index (χ0v) is 11.7. The van der Waals surface area contributed by atoms with Gasteiger partial charge in [0.2, 0.25) is 0 Å². The van der Waals surface area contributed by atoms with Gasteiger partial charge in [-0.15, -0.1) is 0 Å². The van der Waals surface area contributed by atoms with Gasteiger partial charge in [-0.3, -0.25) is 4.79 Å². The number of ketones is 1. The first kappa shape index (κ1) is 12.0. The van der Waals surface area contributed by atoms with Crippen molar-refractivity contribution in [1.82, 2.24) is 0 Å². The van der Waals surface area contributed by atoms with E-state index in [-0.39, 0.29) is 5.78 Å². The molecule has 0 aliphatic carbocycles. The summed E-state index contributed by atoms with van der Waals surface area (Å²) >= 11 is 5.51. The standard InChI is InChI=1S/C10H10BrIO2/c1-3-14-9-5-7(11)4-8(12)10(9)6(2)13/h4-5H,3H2,1-2H3. The van der Waals surface area contributed by atoms with Crippen LogP contribution >= 0.6 is 38.5 Å². The normalized spacial score (nSPS) is 10.0. The average Bonchev–Trinajstić information content (AvgIpc) is 2.01. The molecule has 0 saturated carbocycles. The summed E-state index contributed by atoms with van der Waals surface area (Å²) < 4.78 is 7.24. The van der Waals surface area contributed by atoms with Crippen LogP contribution in [0.3, 0.4) is 0 Å². The fraction of sp³-hybridized carbons (Fsp3) is 0.300. The third-order valence-corrected chi connectivity index (χ3v) is 2.98. The molecule has 0 N–H and O–H groups in total. The van der Waals surface area contributed by atoms with E-state index in [1.54, 1.807) is 6.92 Å². The zero-order chi connectivity index (χ0) is 10.7. The maximum atomic E-state index is 11.4. The van der Waals surface area contributed by atoms with Crippen molar-refractivity contribution in [1.29, 1.82) is 0 Å². The molecule has 0 atom stereocenters. The number of halogens is 2. The summed E-state index contributed by atoms with van der Waals surface area (Å²) in [6.07, 6.45) is 0. The molecule has 0 fully saturated rings. The van der Waals surface area contributed by atoms with E-state index in [2.05, 4.69) is 38.5 Å². The van der Waals surface area contributed by atoms with Crippen molar-refractivity contribution in [3.8, 4) is 5.75 Å². The zero-order valence-electron chi connectivity index (χ0n) is 7.93. The van der Waals surface area contributed by atoms with Crippen LogP contribution in [0.2, 0.25) is 0 Å². The predicted octanol–water partition coefficient (Wildman–Crippen LogP) is 3.66. The van der Waals surface area contributed by atoms with Gasteiger partial charge in [-0.25, -0.2) is 0 Å². The molecule has 1 rings (SSSR count). The predicted molar refractivity (Wildman–Crippen MR) is 68.0 cm³/mol. The molecule has 1 aromatic rings. The first-order valence-corrected chi connectivity index (χ1v) is 6.06. The Morgan fingerprint density at radius 1 is 1.57 bits per heavy atom. The van der Waals surface area contributed by atoms with E-state index in [1.165, 1.54) is 0 Å². The number of ether oxygens (including phenoxy) is 1. The minimum atomic E-state index is 0.0327. The number of hydrogen-bond acceptors (Lipinski definition) is 2. The minimum Gasteiger partial charge on any atom is -0.493 e. The molecule has 0 aliphatic heterocycles. The molecule has 0 radical (unpaired) electrons. The lowest BCUT2D eigenvalue weighted by Crippen LogP contribution is -2.03. The van der Waals surface area contributed by atoms with Gasteiger partial charge in [0.05, 0.1) is 12.2 Å². The summed E-state index contributed by atoms with van der Waals surface area (Å²) in [5, 5.41) is 0. The molecular weight excluding hydrogens is 359 g/mol. The second-order valence-corrected chi connectivity index (χ2v) is 4.83. The minimum absolute atomic E-state index is 0.0327. The molecule has 0 heterocycles. The Balaban J connectivity index is 3.28. The molecule has 14 heavy (non-hydrogen) atoms. The first-order chi connectivity index (χ1) is 6.56. The quantitative estimate of drug-likeness (QED) is 0.601. The monoisotopic (exact) mass is 368 g/mol. The molecule has 76 valence electrons. The van der Waals surface area contributed by atoms with Gasteiger partial charge in [-0.2, -0.15) is 0 Å². The van der Waals surface area contributed by atoms with Crippen molar-refractivity contribution in [3.05, 3.63) is 25.7 Å². The van der Waals surface area contributed by atoms with Gasteiger partial charge in [0.25, 0.3) is 0 Å². The molecule has 0 saturated heterocycles. The highest BCUT2D eigenvalue weighted by atomic mass is 127. The van der Waals surface area contributed by atoms with Gasteiger partial charge >= 0.3 is 0 Å². The molecule has 0 bridgehead atoms. The Labute approximate surface area is 105 Å². The largest absolute Gasteiger partial charge is 0.493 e. The molecule has 0 unspecified atom stereocenters. The Morgan fingerprint density at radius 2 is 2.21 bits per heavy atom. The van der Waals surface area contributed by atoms with E-state index in [9.17, 15) is 4.79 Å². The van der Waals surface area contributed by atoms with Gasteiger partial charge in [-0.05, 0) is 48.6 Å². The maximum Gasteiger partial charge on any atom is 0.164 e. The molecule has 4 heteroatoms. The average molecular weight is 369 g/mol. The lowest BCUT2D eigenvalue weighted by molar-refractivity contribution is 0.101. The van der Waals surface area contributed by atoms with Crippen LogP contribution in [0.4, 0.5) is 0 Å². The first-order valence-electron chi connectivity index (χ1n) is 4.19. The third-order valence-electron chi connectivity index (χ3n) is 1.67. The summed E-state index contributed by atoms with van der Waals surface area (Å²) in [6, 6.07) is 3.72. The second kappa shape index (κ2) is 5.11. The maximum absolute atomic E-state index is 11.4. The van der Waals surface area contributed by atoms with E-state index >= 15 is 0 Å². The van der Waals surface area contributed by atoms with Crippen LogP contribution in [0.1, 0.15) is 24.2 Å². The highest BCUT2D eigenvalue weighted by Crippen LogP contribution is 2.29. The number of carbonyl (C=O) groups excluding carboxylic acids is 1. The second-order valence-electron chi connectivity index (χ2n) is 2.75. The summed E-state index contributed by atoms with van der Waals surface area (Å²) in [5.74, 6) is 0.684. The van der Waals surface area contributed by atoms with Crippen LogP contribution < -0.4 is 4.74 Å². The van der Waals surface area contributed by atoms with E-state index < -0.39 is 0 Å². The van der Waals surface area contributed by atoms with Gasteiger partial charge in [0.1, 0.15) is 5.75 Å². The van der Waals surface area contributed by atoms with E-state index in [1.807, 2.05) is 19.1 Å². The van der Waals surface area contributed by atoms with Gasteiger partial charge < -0.3 is 4.74 Å². The Kier molecular flexibility index (Phi) is 4.37. The van der Waals surface area contributed by atoms with Crippen molar-refractivity contribution >= 4 is 44.3 Å². The summed E-state index contributed by atoms with van der Waals surface area (Å²) in [4.78, 5) is 11.4. The smallest absolute Gasteiger partial charge is 0.164 e. The summed E-state index contributed by atoms with van der Waals surface area (Å²) in [6.45, 7) is 4.01. The van der Waals surface area contributed by atoms with E-state index in [0.29, 0.717) is 17.9 Å². The number of Topliss-reactive ketones (excluding diaryl/α,β-unsaturated/α-hetero) is 1. The number of hydrogen-bond donors (Lipinski definition) is 0. The topological polar surface area (TPSA) is 26.3 Å². The SMILES string of the molecule is CCOc1cc(Br)cc(I)c1C(C)=O. The molecule has 0 amide bonds. The Hall–Kier alpha value is -0.100. The summed E-state index contributed by atoms with van der Waals surface area (Å²) in [7, 11) is 0. The van der Waals surface area contributed by atoms with Crippen LogP contribution in [0, 0.1) is 3.57 Å². The van der Waals surface area contributed by atoms with Gasteiger partial charge in [0, 0.05) is 8.04 Å². The van der Waals surface area contributed by atoms with Crippen LogP contribution in [0.25, 0.3) is 0 Å². The number of rotatable bonds is 3. The van der Waals surface area contributed by atoms with Crippen molar-refractivity contribution in [2.24, 2.45) is 0 Å². The Bertz CT molecular complexity index is 363. The fourth-order valence-corrected chi connectivity index (χ4v) is 3.01. The molecule has 0 aliphatic rings. The van der Waals surface area contributed by atoms with Crippen LogP contribution in [-0.4, -0.2) is 12.4 Å². The molecule has 0 aromatic heterocycles. The molecule has 0 spiro atoms. The van der Waals surface area contributed by atoms with Crippen LogP contribution in [-0.2, 0) is 0 Å². The third kappa shape index (κ3) is 2.70. The van der Waals surface area contributed by atoms with Crippen molar-refractivity contribution < 1.29 is 9.53 Å². The van der Waals surface area contributed by atoms with E-state index in [0.717, 1.165) is 8.04 Å². The lowest BCUT2D eigenvalue weighted by Gasteiger charge is -2.10. The van der Waals surface area contributed by atoms with Crippen LogP contribution in [0.5, 0.6) is 5.75 Å². The fourth-order valence-electron chi connectivity index (χ4n) is 1.16. The van der Waals surface area contributed by atoms with Crippen molar-refractivity contribution in [2.75, 3.05) is 6.61 Å². The van der Waals surface area contributed by atoms with Crippen molar-refractivity contribution in [2.45, 2.75) is 13.8 Å². The number of benzene rings is 1. The Morgan fingerprint density at radius 3 is 2.71 bits per heavy atom. The molecule has 2 nitrogen and oxygen atoms in total. The highest BCUT2D eigenvalue weighted by Gasteiger charge is 2.13. The van der Waals surface area contributed by atoms with Gasteiger partial charge in [-0.1, -0.05) is 15.9 Å². The van der Waals surface area contributed by atoms with E-state index in [4.69, 9.17) is 4.74 Å². The van der Waals surface area contributed by atoms with Crippen LogP contribution in [0.15, 0.2) is 16.6 Å². The lowest BCUT2D eigenvalue weighted by atomic mass is 10.1. The van der Waals surface area contributed by atoms with Crippen molar-refractivity contribution in [3.63, 3.8) is 0 Å². The highest BCUT2D eigenvalue weighted by molar-refractivity contribution is 14.1. The van der Waals surface area contributed by atoms with Gasteiger partial charge in [0.15, 0.2) is 5.78 Å². The summed E-state index contributed by atoms with van der Waals surface area (Å²) in [5.41, 5.74) is 0.663. The molecular formula is C10H10BrIO2. The molecule has 1 aromatic carbocycles. The number of carbonyl (C=O) groups is 1.